The summed E-state index contributed by atoms with van der Waals surface area (Å²) in [6.45, 7) is 1.48. The Hall–Kier alpha value is -1.88. The van der Waals surface area contributed by atoms with Crippen LogP contribution in [-0.4, -0.2) is 37.6 Å². The van der Waals surface area contributed by atoms with Gasteiger partial charge in [-0.3, -0.25) is 9.11 Å². The number of nitrogens with zero attached hydrogens (tertiary/aromatic N) is 1. The highest BCUT2D eigenvalue weighted by Crippen LogP contribution is 2.32. The summed E-state index contributed by atoms with van der Waals surface area (Å²) in [5, 5.41) is 10.3. The van der Waals surface area contributed by atoms with Crippen molar-refractivity contribution in [1.29, 1.82) is 0 Å². The summed E-state index contributed by atoms with van der Waals surface area (Å²) in [5.41, 5.74) is 0.104. The Morgan fingerprint density at radius 1 is 1.05 bits per heavy atom. The van der Waals surface area contributed by atoms with Crippen molar-refractivity contribution in [3.8, 4) is 5.75 Å². The molecule has 0 amide bonds. The first kappa shape index (κ1) is 16.5. The molecule has 0 aliphatic carbocycles. The average molecular weight is 347 g/mol. The fourth-order valence-corrected chi connectivity index (χ4v) is 3.33. The summed E-state index contributed by atoms with van der Waals surface area (Å²) in [6.07, 6.45) is 0. The molecule has 0 unspecified atom stereocenters. The van der Waals surface area contributed by atoms with E-state index in [-0.39, 0.29) is 23.0 Å². The van der Waals surface area contributed by atoms with Gasteiger partial charge in [0.1, 0.15) is 5.75 Å². The zero-order valence-corrected chi connectivity index (χ0v) is 13.0. The first-order chi connectivity index (χ1) is 10.0. The number of phenols is 1. The van der Waals surface area contributed by atoms with Crippen molar-refractivity contribution < 1.29 is 31.0 Å². The van der Waals surface area contributed by atoms with Crippen LogP contribution >= 0.6 is 0 Å². The van der Waals surface area contributed by atoms with Crippen LogP contribution < -0.4 is 4.31 Å². The molecule has 2 aromatic rings. The molecule has 2 aromatic carbocycles. The first-order valence-corrected chi connectivity index (χ1v) is 8.87. The van der Waals surface area contributed by atoms with Crippen molar-refractivity contribution in [2.75, 3.05) is 10.8 Å². The number of anilines is 1. The quantitative estimate of drug-likeness (QED) is 0.712. The van der Waals surface area contributed by atoms with Crippen LogP contribution in [0.2, 0.25) is 0 Å². The predicted octanol–water partition coefficient (Wildman–Crippen LogP) is 1.42. The summed E-state index contributed by atoms with van der Waals surface area (Å²) >= 11 is 0. The van der Waals surface area contributed by atoms with E-state index >= 15 is 0 Å². The SMILES string of the molecule is CCN(c1ccc2cc(S(=O)(=O)O)cc(O)c2c1)S(=O)(=O)O. The second-order valence-electron chi connectivity index (χ2n) is 4.47. The Balaban J connectivity index is 2.69. The van der Waals surface area contributed by atoms with Gasteiger partial charge < -0.3 is 5.11 Å². The van der Waals surface area contributed by atoms with Gasteiger partial charge in [0, 0.05) is 18.0 Å². The number of hydrogen-bond acceptors (Lipinski definition) is 5. The fourth-order valence-electron chi connectivity index (χ4n) is 2.08. The Morgan fingerprint density at radius 3 is 2.18 bits per heavy atom. The largest absolute Gasteiger partial charge is 0.507 e. The third kappa shape index (κ3) is 3.14. The highest BCUT2D eigenvalue weighted by Gasteiger charge is 2.19. The second kappa shape index (κ2) is 5.39. The van der Waals surface area contributed by atoms with E-state index in [0.717, 1.165) is 12.1 Å². The van der Waals surface area contributed by atoms with E-state index in [1.54, 1.807) is 0 Å². The molecule has 0 aliphatic heterocycles. The van der Waals surface area contributed by atoms with Crippen LogP contribution in [0.1, 0.15) is 6.92 Å². The predicted molar refractivity (Wildman–Crippen MR) is 80.0 cm³/mol. The molecule has 8 nitrogen and oxygen atoms in total. The molecule has 0 aromatic heterocycles. The molecule has 0 saturated carbocycles. The molecule has 0 atom stereocenters. The molecular formula is C12H13NO7S2. The van der Waals surface area contributed by atoms with Crippen molar-refractivity contribution in [2.45, 2.75) is 11.8 Å². The van der Waals surface area contributed by atoms with Crippen LogP contribution in [0.15, 0.2) is 35.2 Å². The topological polar surface area (TPSA) is 132 Å². The molecule has 0 spiro atoms. The number of phenolic OH excluding ortho intramolecular Hbond substituents is 1. The maximum absolute atomic E-state index is 11.3. The first-order valence-electron chi connectivity index (χ1n) is 6.03. The van der Waals surface area contributed by atoms with Crippen molar-refractivity contribution >= 4 is 36.9 Å². The monoisotopic (exact) mass is 347 g/mol. The van der Waals surface area contributed by atoms with Gasteiger partial charge in [0.25, 0.3) is 10.1 Å². The van der Waals surface area contributed by atoms with Crippen molar-refractivity contribution in [3.05, 3.63) is 30.3 Å². The summed E-state index contributed by atoms with van der Waals surface area (Å²) < 4.78 is 63.6. The smallest absolute Gasteiger partial charge is 0.359 e. The van der Waals surface area contributed by atoms with Gasteiger partial charge in [-0.15, -0.1) is 0 Å². The van der Waals surface area contributed by atoms with Crippen LogP contribution in [0.3, 0.4) is 0 Å². The Bertz CT molecular complexity index is 935. The van der Waals surface area contributed by atoms with Gasteiger partial charge in [0.05, 0.1) is 10.6 Å². The summed E-state index contributed by atoms with van der Waals surface area (Å²) in [7, 11) is -8.94. The second-order valence-corrected chi connectivity index (χ2v) is 7.22. The molecule has 3 N–H and O–H groups in total. The summed E-state index contributed by atoms with van der Waals surface area (Å²) in [4.78, 5) is -0.479. The van der Waals surface area contributed by atoms with Crippen LogP contribution in [-0.2, 0) is 20.4 Å². The molecule has 2 rings (SSSR count). The van der Waals surface area contributed by atoms with Gasteiger partial charge in [0.2, 0.25) is 0 Å². The Kier molecular flexibility index (Phi) is 4.04. The fraction of sp³-hybridized carbons (Fsp3) is 0.167. The van der Waals surface area contributed by atoms with Gasteiger partial charge in [-0.05, 0) is 30.5 Å². The lowest BCUT2D eigenvalue weighted by Gasteiger charge is -2.19. The molecule has 0 aliphatic rings. The van der Waals surface area contributed by atoms with E-state index in [4.69, 9.17) is 9.11 Å². The maximum atomic E-state index is 11.3. The van der Waals surface area contributed by atoms with Crippen LogP contribution in [0.25, 0.3) is 10.8 Å². The van der Waals surface area contributed by atoms with Gasteiger partial charge >= 0.3 is 10.3 Å². The number of rotatable bonds is 4. The summed E-state index contributed by atoms with van der Waals surface area (Å²) in [5.74, 6) is -0.446. The minimum Gasteiger partial charge on any atom is -0.507 e. The molecule has 22 heavy (non-hydrogen) atoms. The normalized spacial score (nSPS) is 12.5. The number of benzene rings is 2. The number of fused-ring (bicyclic) bond motifs is 1. The third-order valence-electron chi connectivity index (χ3n) is 3.04. The van der Waals surface area contributed by atoms with Crippen molar-refractivity contribution in [3.63, 3.8) is 0 Å². The van der Waals surface area contributed by atoms with Crippen LogP contribution in [0, 0.1) is 0 Å². The minimum absolute atomic E-state index is 0.0335. The zero-order valence-electron chi connectivity index (χ0n) is 11.3. The number of hydrogen-bond donors (Lipinski definition) is 3. The van der Waals surface area contributed by atoms with E-state index in [2.05, 4.69) is 0 Å². The third-order valence-corrected chi connectivity index (χ3v) is 4.90. The average Bonchev–Trinajstić information content (AvgIpc) is 2.37. The van der Waals surface area contributed by atoms with E-state index in [1.165, 1.54) is 25.1 Å². The molecule has 0 bridgehead atoms. The van der Waals surface area contributed by atoms with Gasteiger partial charge in [-0.2, -0.15) is 16.8 Å². The lowest BCUT2D eigenvalue weighted by Crippen LogP contribution is -2.29. The highest BCUT2D eigenvalue weighted by molar-refractivity contribution is 7.87. The molecule has 120 valence electrons. The van der Waals surface area contributed by atoms with Crippen molar-refractivity contribution in [2.24, 2.45) is 0 Å². The van der Waals surface area contributed by atoms with Crippen LogP contribution in [0.4, 0.5) is 5.69 Å². The summed E-state index contributed by atoms with van der Waals surface area (Å²) in [6, 6.07) is 5.98. The minimum atomic E-state index is -4.48. The molecule has 0 saturated heterocycles. The van der Waals surface area contributed by atoms with E-state index < -0.39 is 31.1 Å². The van der Waals surface area contributed by atoms with Gasteiger partial charge in [-0.25, -0.2) is 4.31 Å². The molecule has 10 heteroatoms. The van der Waals surface area contributed by atoms with Gasteiger partial charge in [0.15, 0.2) is 0 Å². The van der Waals surface area contributed by atoms with E-state index in [9.17, 15) is 21.9 Å². The highest BCUT2D eigenvalue weighted by atomic mass is 32.2. The Labute approximate surface area is 127 Å². The Morgan fingerprint density at radius 2 is 1.68 bits per heavy atom. The van der Waals surface area contributed by atoms with Crippen molar-refractivity contribution in [1.82, 2.24) is 0 Å². The lowest BCUT2D eigenvalue weighted by molar-refractivity contribution is 0.471. The zero-order chi connectivity index (χ0) is 16.7. The van der Waals surface area contributed by atoms with E-state index in [0.29, 0.717) is 4.31 Å². The van der Waals surface area contributed by atoms with Crippen LogP contribution in [0.5, 0.6) is 5.75 Å². The molecule has 0 heterocycles. The van der Waals surface area contributed by atoms with Gasteiger partial charge in [-0.1, -0.05) is 6.07 Å². The number of aromatic hydroxyl groups is 1. The van der Waals surface area contributed by atoms with E-state index in [1.807, 2.05) is 0 Å². The standard InChI is InChI=1S/C12H13NO7S2/c1-2-13(22(18,19)20)9-4-3-8-5-10(21(15,16)17)7-12(14)11(8)6-9/h3-7,14H,2H2,1H3,(H,15,16,17)(H,18,19,20). The molecular weight excluding hydrogens is 334 g/mol. The maximum Gasteiger partial charge on any atom is 0.359 e. The molecule has 0 radical (unpaired) electrons. The lowest BCUT2D eigenvalue weighted by atomic mass is 10.1. The molecule has 0 fully saturated rings.